The van der Waals surface area contributed by atoms with Crippen LogP contribution in [-0.2, 0) is 0 Å². The maximum Gasteiger partial charge on any atom is 0.137 e. The third kappa shape index (κ3) is 3.62. The molecule has 0 spiro atoms. The van der Waals surface area contributed by atoms with Crippen LogP contribution in [0.25, 0.3) is 86.9 Å². The molecule has 10 aromatic rings. The maximum atomic E-state index is 6.39. The fourth-order valence-corrected chi connectivity index (χ4v) is 8.61. The number of thiazole rings is 1. The lowest BCUT2D eigenvalue weighted by atomic mass is 10.0. The minimum absolute atomic E-state index is 0.856. The highest BCUT2D eigenvalue weighted by Gasteiger charge is 2.29. The molecule has 0 saturated carbocycles. The van der Waals surface area contributed by atoms with Crippen molar-refractivity contribution >= 4 is 83.0 Å². The van der Waals surface area contributed by atoms with Gasteiger partial charge in [0.25, 0.3) is 0 Å². The summed E-state index contributed by atoms with van der Waals surface area (Å²) in [4.78, 5) is 8.74. The van der Waals surface area contributed by atoms with Gasteiger partial charge in [0.05, 0.1) is 16.3 Å². The molecule has 0 N–H and O–H groups in total. The average Bonchev–Trinajstić information content (AvgIpc) is 3.90. The zero-order valence-electron chi connectivity index (χ0n) is 25.5. The van der Waals surface area contributed by atoms with Crippen molar-refractivity contribution in [2.75, 3.05) is 4.90 Å². The number of nitrogens with zero attached hydrogens (tertiary/aromatic N) is 2. The molecule has 0 bridgehead atoms. The van der Waals surface area contributed by atoms with Crippen LogP contribution in [0.1, 0.15) is 0 Å². The van der Waals surface area contributed by atoms with Gasteiger partial charge in [0.2, 0.25) is 0 Å². The first-order chi connectivity index (χ1) is 23.8. The third-order valence-corrected chi connectivity index (χ3v) is 10.8. The highest BCUT2D eigenvalue weighted by molar-refractivity contribution is 7.19. The van der Waals surface area contributed by atoms with Crippen LogP contribution >= 0.6 is 11.3 Å². The molecular formula is C43H24N2O2S. The molecule has 11 rings (SSSR count). The lowest BCUT2D eigenvalue weighted by Crippen LogP contribution is -2.10. The highest BCUT2D eigenvalue weighted by atomic mass is 32.1. The van der Waals surface area contributed by atoms with Crippen molar-refractivity contribution in [3.05, 3.63) is 146 Å². The van der Waals surface area contributed by atoms with Crippen molar-refractivity contribution in [2.24, 2.45) is 0 Å². The van der Waals surface area contributed by atoms with E-state index in [9.17, 15) is 0 Å². The second-order valence-electron chi connectivity index (χ2n) is 12.3. The molecule has 0 radical (unpaired) electrons. The van der Waals surface area contributed by atoms with E-state index in [0.29, 0.717) is 0 Å². The Morgan fingerprint density at radius 1 is 0.479 bits per heavy atom. The third-order valence-electron chi connectivity index (χ3n) is 9.65. The molecule has 0 aliphatic heterocycles. The van der Waals surface area contributed by atoms with E-state index in [1.165, 1.54) is 26.8 Å². The number of benzene rings is 7. The van der Waals surface area contributed by atoms with Crippen molar-refractivity contribution in [3.63, 3.8) is 0 Å². The zero-order chi connectivity index (χ0) is 31.3. The van der Waals surface area contributed by atoms with E-state index in [2.05, 4.69) is 120 Å². The van der Waals surface area contributed by atoms with E-state index in [0.717, 1.165) is 77.2 Å². The standard InChI is InChI=1S/C43H24N2O2S/c1-2-9-25(10-3-1)43-44-41-33-21-22-35(32-13-8-14-34(40(32)33)42(41)48-43)45(26-17-19-30-28-11-4-6-15-36(28)46-38(30)23-26)27-18-20-31-29-12-5-7-16-37(29)47-39(31)24-27/h1-24H. The van der Waals surface area contributed by atoms with Crippen molar-refractivity contribution in [3.8, 4) is 32.3 Å². The fourth-order valence-electron chi connectivity index (χ4n) is 7.50. The SMILES string of the molecule is c1ccc(-c2nc3c(s2)-c2cccc4c(N(c5ccc6c(c5)oc5ccccc56)c5ccc6c(c5)oc5ccccc56)ccc-3c24)cc1. The average molecular weight is 633 g/mol. The Hall–Kier alpha value is -6.17. The van der Waals surface area contributed by atoms with Gasteiger partial charge in [0, 0.05) is 72.5 Å². The zero-order valence-corrected chi connectivity index (χ0v) is 26.3. The number of rotatable bonds is 4. The molecule has 3 heterocycles. The van der Waals surface area contributed by atoms with E-state index in [4.69, 9.17) is 13.8 Å². The summed E-state index contributed by atoms with van der Waals surface area (Å²) < 4.78 is 12.8. The Morgan fingerprint density at radius 2 is 1.08 bits per heavy atom. The van der Waals surface area contributed by atoms with E-state index >= 15 is 0 Å². The Morgan fingerprint density at radius 3 is 1.77 bits per heavy atom. The summed E-state index contributed by atoms with van der Waals surface area (Å²) in [7, 11) is 0. The summed E-state index contributed by atoms with van der Waals surface area (Å²) in [6, 6.07) is 51.1. The number of furan rings is 2. The van der Waals surface area contributed by atoms with Crippen LogP contribution in [0, 0.1) is 0 Å². The van der Waals surface area contributed by atoms with E-state index < -0.39 is 0 Å². The Kier molecular flexibility index (Phi) is 5.23. The van der Waals surface area contributed by atoms with Gasteiger partial charge in [-0.2, -0.15) is 0 Å². The molecule has 0 fully saturated rings. The van der Waals surface area contributed by atoms with Gasteiger partial charge in [0.1, 0.15) is 27.3 Å². The second-order valence-corrected chi connectivity index (χ2v) is 13.3. The van der Waals surface area contributed by atoms with Crippen LogP contribution in [0.2, 0.25) is 0 Å². The van der Waals surface area contributed by atoms with Crippen LogP contribution in [0.4, 0.5) is 17.1 Å². The largest absolute Gasteiger partial charge is 0.456 e. The normalized spacial score (nSPS) is 12.2. The Bertz CT molecular complexity index is 2770. The number of hydrogen-bond acceptors (Lipinski definition) is 5. The van der Waals surface area contributed by atoms with E-state index in [-0.39, 0.29) is 0 Å². The number of para-hydroxylation sites is 2. The molecule has 0 atom stereocenters. The first-order valence-electron chi connectivity index (χ1n) is 16.0. The number of fused-ring (bicyclic) bond motifs is 9. The van der Waals surface area contributed by atoms with Crippen LogP contribution in [0.15, 0.2) is 154 Å². The second kappa shape index (κ2) is 9.67. The van der Waals surface area contributed by atoms with Gasteiger partial charge in [-0.15, -0.1) is 11.3 Å². The molecule has 48 heavy (non-hydrogen) atoms. The predicted molar refractivity (Wildman–Crippen MR) is 199 cm³/mol. The van der Waals surface area contributed by atoms with E-state index in [1.807, 2.05) is 30.3 Å². The summed E-state index contributed by atoms with van der Waals surface area (Å²) in [5, 5.41) is 7.90. The molecule has 0 unspecified atom stereocenters. The topological polar surface area (TPSA) is 42.4 Å². The van der Waals surface area contributed by atoms with E-state index in [1.54, 1.807) is 11.3 Å². The molecule has 1 aliphatic rings. The quantitative estimate of drug-likeness (QED) is 0.194. The number of hydrogen-bond donors (Lipinski definition) is 0. The minimum Gasteiger partial charge on any atom is -0.456 e. The lowest BCUT2D eigenvalue weighted by Gasteiger charge is -2.27. The number of aromatic nitrogens is 1. The molecule has 7 aromatic carbocycles. The maximum absolute atomic E-state index is 6.39. The van der Waals surface area contributed by atoms with Gasteiger partial charge in [0.15, 0.2) is 0 Å². The molecule has 0 saturated heterocycles. The number of anilines is 3. The first-order valence-corrected chi connectivity index (χ1v) is 16.9. The van der Waals surface area contributed by atoms with Gasteiger partial charge >= 0.3 is 0 Å². The highest BCUT2D eigenvalue weighted by Crippen LogP contribution is 2.54. The summed E-state index contributed by atoms with van der Waals surface area (Å²) >= 11 is 1.77. The van der Waals surface area contributed by atoms with Crippen molar-refractivity contribution in [1.82, 2.24) is 4.98 Å². The van der Waals surface area contributed by atoms with Crippen LogP contribution in [0.3, 0.4) is 0 Å². The van der Waals surface area contributed by atoms with Crippen molar-refractivity contribution in [2.45, 2.75) is 0 Å². The monoisotopic (exact) mass is 632 g/mol. The van der Waals surface area contributed by atoms with Crippen LogP contribution in [-0.4, -0.2) is 4.98 Å². The fraction of sp³-hybridized carbons (Fsp3) is 0. The molecule has 4 nitrogen and oxygen atoms in total. The van der Waals surface area contributed by atoms with Gasteiger partial charge in [-0.3, -0.25) is 0 Å². The van der Waals surface area contributed by atoms with Gasteiger partial charge in [-0.05, 0) is 42.5 Å². The molecule has 3 aromatic heterocycles. The lowest BCUT2D eigenvalue weighted by molar-refractivity contribution is 0.669. The Balaban J connectivity index is 1.14. The minimum atomic E-state index is 0.856. The molecule has 1 aliphatic carbocycles. The smallest absolute Gasteiger partial charge is 0.137 e. The Labute approximate surface area is 278 Å². The summed E-state index contributed by atoms with van der Waals surface area (Å²) in [6.45, 7) is 0. The van der Waals surface area contributed by atoms with Gasteiger partial charge in [-0.1, -0.05) is 91.0 Å². The first kappa shape index (κ1) is 26.0. The molecule has 0 amide bonds. The molecular weight excluding hydrogens is 609 g/mol. The summed E-state index contributed by atoms with van der Waals surface area (Å²) in [5.74, 6) is 0. The molecule has 5 heteroatoms. The van der Waals surface area contributed by atoms with Crippen molar-refractivity contribution < 1.29 is 8.83 Å². The van der Waals surface area contributed by atoms with Gasteiger partial charge in [-0.25, -0.2) is 4.98 Å². The van der Waals surface area contributed by atoms with Crippen LogP contribution < -0.4 is 4.90 Å². The predicted octanol–water partition coefficient (Wildman–Crippen LogP) is 12.9. The van der Waals surface area contributed by atoms with Crippen molar-refractivity contribution in [1.29, 1.82) is 0 Å². The summed E-state index contributed by atoms with van der Waals surface area (Å²) in [6.07, 6.45) is 0. The van der Waals surface area contributed by atoms with Crippen LogP contribution in [0.5, 0.6) is 0 Å². The van der Waals surface area contributed by atoms with Gasteiger partial charge < -0.3 is 13.7 Å². The molecule has 224 valence electrons. The summed E-state index contributed by atoms with van der Waals surface area (Å²) in [5.41, 5.74) is 11.2.